The minimum absolute atomic E-state index is 0.0116. The second-order valence-electron chi connectivity index (χ2n) is 2.67. The van der Waals surface area contributed by atoms with Crippen LogP contribution in [-0.4, -0.2) is 9.78 Å². The highest BCUT2D eigenvalue weighted by atomic mass is 79.9. The van der Waals surface area contributed by atoms with Gasteiger partial charge in [0.2, 0.25) is 0 Å². The number of aromatic amines is 1. The first-order valence-corrected chi connectivity index (χ1v) is 4.32. The minimum atomic E-state index is 0.0116. The van der Waals surface area contributed by atoms with Crippen LogP contribution in [0.1, 0.15) is 0 Å². The number of nitrogens with zero attached hydrogens (tertiary/aromatic N) is 1. The van der Waals surface area contributed by atoms with Crippen molar-refractivity contribution in [2.75, 3.05) is 0 Å². The second kappa shape index (κ2) is 2.48. The lowest BCUT2D eigenvalue weighted by Gasteiger charge is -1.87. The first kappa shape index (κ1) is 7.61. The molecule has 0 bridgehead atoms. The van der Waals surface area contributed by atoms with Crippen LogP contribution in [-0.2, 0) is 7.05 Å². The van der Waals surface area contributed by atoms with Crippen LogP contribution in [0, 0.1) is 0 Å². The van der Waals surface area contributed by atoms with E-state index in [9.17, 15) is 4.79 Å². The van der Waals surface area contributed by atoms with Crippen molar-refractivity contribution in [3.8, 4) is 0 Å². The molecule has 0 atom stereocenters. The fraction of sp³-hybridized carbons (Fsp3) is 0.125. The third kappa shape index (κ3) is 0.992. The number of hydrogen-bond donors (Lipinski definition) is 1. The van der Waals surface area contributed by atoms with Crippen molar-refractivity contribution in [2.45, 2.75) is 0 Å². The van der Waals surface area contributed by atoms with Gasteiger partial charge in [-0.3, -0.25) is 14.6 Å². The highest BCUT2D eigenvalue weighted by Gasteiger charge is 2.02. The summed E-state index contributed by atoms with van der Waals surface area (Å²) in [6, 6.07) is 5.55. The van der Waals surface area contributed by atoms with Gasteiger partial charge in [-0.25, -0.2) is 0 Å². The van der Waals surface area contributed by atoms with Gasteiger partial charge >= 0.3 is 0 Å². The molecule has 0 aliphatic rings. The molecule has 0 aliphatic carbocycles. The predicted octanol–water partition coefficient (Wildman–Crippen LogP) is 1.63. The van der Waals surface area contributed by atoms with Crippen LogP contribution >= 0.6 is 15.9 Å². The molecule has 0 aliphatic heterocycles. The van der Waals surface area contributed by atoms with E-state index in [1.54, 1.807) is 13.1 Å². The smallest absolute Gasteiger partial charge is 0.274 e. The maximum absolute atomic E-state index is 11.4. The van der Waals surface area contributed by atoms with Gasteiger partial charge in [0.15, 0.2) is 0 Å². The Hall–Kier alpha value is -1.03. The van der Waals surface area contributed by atoms with Crippen molar-refractivity contribution in [1.29, 1.82) is 0 Å². The monoisotopic (exact) mass is 226 g/mol. The molecule has 2 aromatic rings. The summed E-state index contributed by atoms with van der Waals surface area (Å²) < 4.78 is 2.44. The highest BCUT2D eigenvalue weighted by molar-refractivity contribution is 9.10. The van der Waals surface area contributed by atoms with Crippen LogP contribution < -0.4 is 5.56 Å². The summed E-state index contributed by atoms with van der Waals surface area (Å²) in [5.41, 5.74) is 0.870. The molecule has 2 rings (SSSR count). The average Bonchev–Trinajstić information content (AvgIpc) is 2.28. The number of fused-ring (bicyclic) bond motifs is 1. The van der Waals surface area contributed by atoms with Crippen molar-refractivity contribution in [3.05, 3.63) is 33.0 Å². The molecular weight excluding hydrogens is 220 g/mol. The molecule has 1 aromatic heterocycles. The lowest BCUT2D eigenvalue weighted by Crippen LogP contribution is -2.10. The van der Waals surface area contributed by atoms with Gasteiger partial charge in [-0.1, -0.05) is 15.9 Å². The Morgan fingerprint density at radius 3 is 3.00 bits per heavy atom. The average molecular weight is 227 g/mol. The van der Waals surface area contributed by atoms with E-state index in [1.165, 1.54) is 4.68 Å². The molecule has 0 fully saturated rings. The second-order valence-corrected chi connectivity index (χ2v) is 3.58. The Bertz CT molecular complexity index is 483. The van der Waals surface area contributed by atoms with Gasteiger partial charge in [-0.2, -0.15) is 0 Å². The molecule has 12 heavy (non-hydrogen) atoms. The van der Waals surface area contributed by atoms with E-state index in [1.807, 2.05) is 12.1 Å². The maximum Gasteiger partial charge on any atom is 0.274 e. The summed E-state index contributed by atoms with van der Waals surface area (Å²) in [5.74, 6) is 0. The first-order chi connectivity index (χ1) is 5.68. The van der Waals surface area contributed by atoms with Crippen LogP contribution in [0.25, 0.3) is 10.9 Å². The fourth-order valence-electron chi connectivity index (χ4n) is 1.21. The third-order valence-electron chi connectivity index (χ3n) is 1.80. The largest absolute Gasteiger partial charge is 0.295 e. The lowest BCUT2D eigenvalue weighted by molar-refractivity contribution is 0.751. The molecule has 0 saturated carbocycles. The molecule has 0 spiro atoms. The number of hydrogen-bond acceptors (Lipinski definition) is 1. The SMILES string of the molecule is Cn1[nH]c2cc(Br)ccc2c1=O. The summed E-state index contributed by atoms with van der Waals surface area (Å²) in [6.07, 6.45) is 0. The Labute approximate surface area is 77.1 Å². The zero-order chi connectivity index (χ0) is 8.72. The number of rotatable bonds is 0. The molecule has 0 radical (unpaired) electrons. The molecule has 4 heteroatoms. The van der Waals surface area contributed by atoms with Crippen molar-refractivity contribution in [1.82, 2.24) is 9.78 Å². The molecule has 1 heterocycles. The molecule has 0 saturated heterocycles. The zero-order valence-electron chi connectivity index (χ0n) is 6.47. The van der Waals surface area contributed by atoms with Gasteiger partial charge in [0.1, 0.15) is 0 Å². The van der Waals surface area contributed by atoms with E-state index in [0.29, 0.717) is 0 Å². The summed E-state index contributed by atoms with van der Waals surface area (Å²) in [4.78, 5) is 11.4. The van der Waals surface area contributed by atoms with Gasteiger partial charge < -0.3 is 0 Å². The van der Waals surface area contributed by atoms with Crippen LogP contribution in [0.4, 0.5) is 0 Å². The number of H-pyrrole nitrogens is 1. The summed E-state index contributed by atoms with van der Waals surface area (Å²) >= 11 is 3.33. The molecule has 1 N–H and O–H groups in total. The van der Waals surface area contributed by atoms with Gasteiger partial charge in [0.05, 0.1) is 10.9 Å². The van der Waals surface area contributed by atoms with Crippen molar-refractivity contribution in [3.63, 3.8) is 0 Å². The van der Waals surface area contributed by atoms with E-state index in [4.69, 9.17) is 0 Å². The van der Waals surface area contributed by atoms with Crippen LogP contribution in [0.5, 0.6) is 0 Å². The number of nitrogens with one attached hydrogen (secondary N) is 1. The zero-order valence-corrected chi connectivity index (χ0v) is 8.05. The van der Waals surface area contributed by atoms with E-state index < -0.39 is 0 Å². The normalized spacial score (nSPS) is 10.8. The predicted molar refractivity (Wildman–Crippen MR) is 51.2 cm³/mol. The summed E-state index contributed by atoms with van der Waals surface area (Å²) in [5, 5.41) is 3.66. The highest BCUT2D eigenvalue weighted by Crippen LogP contribution is 2.14. The van der Waals surface area contributed by atoms with Gasteiger partial charge in [-0.15, -0.1) is 0 Å². The van der Waals surface area contributed by atoms with E-state index in [0.717, 1.165) is 15.4 Å². The Kier molecular flexibility index (Phi) is 1.58. The van der Waals surface area contributed by atoms with Crippen molar-refractivity contribution < 1.29 is 0 Å². The van der Waals surface area contributed by atoms with Crippen LogP contribution in [0.2, 0.25) is 0 Å². The molecule has 1 aromatic carbocycles. The standard InChI is InChI=1S/C8H7BrN2O/c1-11-8(12)6-3-2-5(9)4-7(6)10-11/h2-4,10H,1H3. The summed E-state index contributed by atoms with van der Waals surface area (Å²) in [7, 11) is 1.70. The Balaban J connectivity index is 2.97. The maximum atomic E-state index is 11.4. The van der Waals surface area contributed by atoms with Gasteiger partial charge in [0, 0.05) is 11.5 Å². The molecular formula is C8H7BrN2O. The van der Waals surface area contributed by atoms with Crippen LogP contribution in [0.15, 0.2) is 27.5 Å². The molecule has 0 unspecified atom stereocenters. The topological polar surface area (TPSA) is 37.8 Å². The van der Waals surface area contributed by atoms with Crippen molar-refractivity contribution >= 4 is 26.8 Å². The number of aryl methyl sites for hydroxylation is 1. The molecule has 62 valence electrons. The summed E-state index contributed by atoms with van der Waals surface area (Å²) in [6.45, 7) is 0. The first-order valence-electron chi connectivity index (χ1n) is 3.53. The van der Waals surface area contributed by atoms with Crippen molar-refractivity contribution in [2.24, 2.45) is 7.05 Å². The Morgan fingerprint density at radius 1 is 1.50 bits per heavy atom. The number of aromatic nitrogens is 2. The Morgan fingerprint density at radius 2 is 2.25 bits per heavy atom. The number of halogens is 1. The van der Waals surface area contributed by atoms with Gasteiger partial charge in [-0.05, 0) is 18.2 Å². The molecule has 0 amide bonds. The van der Waals surface area contributed by atoms with E-state index >= 15 is 0 Å². The molecule has 3 nitrogen and oxygen atoms in total. The van der Waals surface area contributed by atoms with Crippen LogP contribution in [0.3, 0.4) is 0 Å². The van der Waals surface area contributed by atoms with Gasteiger partial charge in [0.25, 0.3) is 5.56 Å². The quantitative estimate of drug-likeness (QED) is 0.729. The van der Waals surface area contributed by atoms with E-state index in [2.05, 4.69) is 21.0 Å². The number of benzene rings is 1. The van der Waals surface area contributed by atoms with E-state index in [-0.39, 0.29) is 5.56 Å². The minimum Gasteiger partial charge on any atom is -0.295 e. The fourth-order valence-corrected chi connectivity index (χ4v) is 1.57. The third-order valence-corrected chi connectivity index (χ3v) is 2.30. The lowest BCUT2D eigenvalue weighted by atomic mass is 10.3.